The molecule has 2 heterocycles. The minimum Gasteiger partial charge on any atom is -0.493 e. The van der Waals surface area contributed by atoms with E-state index in [4.69, 9.17) is 15.9 Å². The fourth-order valence-corrected chi connectivity index (χ4v) is 4.67. The number of thiophene rings is 1. The lowest BCUT2D eigenvalue weighted by Gasteiger charge is -2.24. The number of amides is 1. The summed E-state index contributed by atoms with van der Waals surface area (Å²) >= 11 is 1.51. The predicted molar refractivity (Wildman–Crippen MR) is 112 cm³/mol. The van der Waals surface area contributed by atoms with Gasteiger partial charge in [0.2, 0.25) is 5.91 Å². The molecule has 0 spiro atoms. The Morgan fingerprint density at radius 1 is 1.24 bits per heavy atom. The summed E-state index contributed by atoms with van der Waals surface area (Å²) in [4.78, 5) is 13.4. The van der Waals surface area contributed by atoms with Crippen molar-refractivity contribution in [3.8, 4) is 35.0 Å². The summed E-state index contributed by atoms with van der Waals surface area (Å²) in [5, 5.41) is 4.82. The Morgan fingerprint density at radius 2 is 2.07 bits per heavy atom. The van der Waals surface area contributed by atoms with Crippen molar-refractivity contribution < 1.29 is 18.7 Å². The zero-order valence-corrected chi connectivity index (χ0v) is 16.5. The van der Waals surface area contributed by atoms with Crippen LogP contribution < -0.4 is 14.8 Å². The van der Waals surface area contributed by atoms with Crippen molar-refractivity contribution in [3.63, 3.8) is 0 Å². The van der Waals surface area contributed by atoms with Crippen molar-refractivity contribution in [2.75, 3.05) is 19.0 Å². The Bertz CT molecular complexity index is 1120. The number of hydrogen-bond acceptors (Lipinski definition) is 4. The average Bonchev–Trinajstić information content (AvgIpc) is 3.15. The summed E-state index contributed by atoms with van der Waals surface area (Å²) in [7, 11) is 1.56. The van der Waals surface area contributed by atoms with Crippen molar-refractivity contribution in [3.05, 3.63) is 64.1 Å². The summed E-state index contributed by atoms with van der Waals surface area (Å²) in [5.74, 6) is 2.95. The van der Waals surface area contributed by atoms with Gasteiger partial charge >= 0.3 is 0 Å². The zero-order valence-electron chi connectivity index (χ0n) is 15.7. The van der Waals surface area contributed by atoms with Crippen molar-refractivity contribution in [1.82, 2.24) is 0 Å². The number of ether oxygens (including phenoxy) is 2. The maximum Gasteiger partial charge on any atom is 0.225 e. The van der Waals surface area contributed by atoms with E-state index in [1.165, 1.54) is 17.4 Å². The molecule has 1 N–H and O–H groups in total. The van der Waals surface area contributed by atoms with Gasteiger partial charge in [-0.15, -0.1) is 17.8 Å². The molecule has 0 radical (unpaired) electrons. The van der Waals surface area contributed by atoms with Gasteiger partial charge in [0.05, 0.1) is 12.8 Å². The van der Waals surface area contributed by atoms with E-state index in [9.17, 15) is 9.18 Å². The second kappa shape index (κ2) is 7.98. The summed E-state index contributed by atoms with van der Waals surface area (Å²) in [6, 6.07) is 12.1. The minimum atomic E-state index is -0.318. The minimum absolute atomic E-state index is 0.106. The van der Waals surface area contributed by atoms with Crippen molar-refractivity contribution >= 4 is 22.9 Å². The lowest BCUT2D eigenvalue weighted by atomic mass is 9.89. The first-order valence-corrected chi connectivity index (χ1v) is 9.90. The fraction of sp³-hybridized carbons (Fsp3) is 0.174. The third kappa shape index (κ3) is 3.57. The van der Waals surface area contributed by atoms with Crippen LogP contribution in [0.15, 0.2) is 47.8 Å². The topological polar surface area (TPSA) is 47.6 Å². The molecule has 0 saturated heterocycles. The molecule has 0 aliphatic carbocycles. The number of rotatable bonds is 5. The van der Waals surface area contributed by atoms with Gasteiger partial charge in [-0.05, 0) is 23.8 Å². The Kier molecular flexibility index (Phi) is 5.24. The number of hydrogen-bond donors (Lipinski definition) is 1. The Hall–Kier alpha value is -3.30. The highest BCUT2D eigenvalue weighted by Gasteiger charge is 2.31. The molecule has 2 aromatic carbocycles. The summed E-state index contributed by atoms with van der Waals surface area (Å²) < 4.78 is 25.3. The van der Waals surface area contributed by atoms with Crippen LogP contribution in [0, 0.1) is 18.2 Å². The molecule has 6 heteroatoms. The Labute approximate surface area is 172 Å². The van der Waals surface area contributed by atoms with E-state index in [0.717, 1.165) is 10.4 Å². The van der Waals surface area contributed by atoms with Crippen LogP contribution in [0.5, 0.6) is 11.5 Å². The van der Waals surface area contributed by atoms with Gasteiger partial charge in [-0.3, -0.25) is 4.79 Å². The molecule has 0 saturated carbocycles. The van der Waals surface area contributed by atoms with Crippen LogP contribution in [-0.2, 0) is 4.79 Å². The van der Waals surface area contributed by atoms with E-state index in [2.05, 4.69) is 11.2 Å². The number of terminal acetylenes is 1. The number of halogens is 1. The first-order valence-electron chi connectivity index (χ1n) is 9.02. The van der Waals surface area contributed by atoms with Crippen LogP contribution in [0.25, 0.3) is 11.1 Å². The number of anilines is 1. The van der Waals surface area contributed by atoms with Crippen LogP contribution in [0.4, 0.5) is 10.1 Å². The molecule has 1 aromatic heterocycles. The normalized spacial score (nSPS) is 15.2. The maximum atomic E-state index is 14.3. The Morgan fingerprint density at radius 3 is 2.83 bits per heavy atom. The molecule has 0 fully saturated rings. The van der Waals surface area contributed by atoms with Crippen molar-refractivity contribution in [2.24, 2.45) is 0 Å². The van der Waals surface area contributed by atoms with Crippen molar-refractivity contribution in [1.29, 1.82) is 0 Å². The highest BCUT2D eigenvalue weighted by molar-refractivity contribution is 7.11. The summed E-state index contributed by atoms with van der Waals surface area (Å²) in [6.07, 6.45) is 5.56. The summed E-state index contributed by atoms with van der Waals surface area (Å²) in [6.45, 7) is 0.141. The lowest BCUT2D eigenvalue weighted by molar-refractivity contribution is -0.116. The van der Waals surface area contributed by atoms with Gasteiger partial charge in [0, 0.05) is 33.7 Å². The number of carbonyl (C=O) groups excluding carboxylic acids is 1. The van der Waals surface area contributed by atoms with Gasteiger partial charge in [0.15, 0.2) is 11.5 Å². The standard InChI is InChI=1S/C23H18FNO3S/c1-3-10-28-19-9-8-14(11-20(19)27-2)16-12-21(26)25-22-17(13-29-23(16)22)15-6-4-5-7-18(15)24/h1,4-9,11,13,16H,10,12H2,2H3,(H,25,26)/t16-/m1/s1. The summed E-state index contributed by atoms with van der Waals surface area (Å²) in [5.41, 5.74) is 2.77. The number of benzene rings is 2. The molecule has 1 aliphatic heterocycles. The van der Waals surface area contributed by atoms with Crippen molar-refractivity contribution in [2.45, 2.75) is 12.3 Å². The fourth-order valence-electron chi connectivity index (χ4n) is 3.51. The van der Waals surface area contributed by atoms with E-state index in [1.807, 2.05) is 17.5 Å². The smallest absolute Gasteiger partial charge is 0.225 e. The Balaban J connectivity index is 1.76. The van der Waals surface area contributed by atoms with Crippen LogP contribution >= 0.6 is 11.3 Å². The molecule has 146 valence electrons. The van der Waals surface area contributed by atoms with Crippen LogP contribution in [-0.4, -0.2) is 19.6 Å². The van der Waals surface area contributed by atoms with Crippen LogP contribution in [0.2, 0.25) is 0 Å². The van der Waals surface area contributed by atoms with Crippen LogP contribution in [0.1, 0.15) is 22.8 Å². The van der Waals surface area contributed by atoms with Gasteiger partial charge in [0.1, 0.15) is 12.4 Å². The first-order chi connectivity index (χ1) is 14.1. The molecule has 4 nitrogen and oxygen atoms in total. The van der Waals surface area contributed by atoms with Gasteiger partial charge in [-0.25, -0.2) is 4.39 Å². The van der Waals surface area contributed by atoms with Crippen LogP contribution in [0.3, 0.4) is 0 Å². The molecular weight excluding hydrogens is 389 g/mol. The first kappa shape index (κ1) is 19.0. The predicted octanol–water partition coefficient (Wildman–Crippen LogP) is 5.05. The van der Waals surface area contributed by atoms with E-state index >= 15 is 0 Å². The second-order valence-corrected chi connectivity index (χ2v) is 7.49. The molecule has 1 atom stereocenters. The quantitative estimate of drug-likeness (QED) is 0.602. The average molecular weight is 407 g/mol. The second-order valence-electron chi connectivity index (χ2n) is 6.58. The SMILES string of the molecule is C#CCOc1ccc([C@H]2CC(=O)Nc3c(-c4ccccc4F)csc32)cc1OC. The highest BCUT2D eigenvalue weighted by Crippen LogP contribution is 2.47. The highest BCUT2D eigenvalue weighted by atomic mass is 32.1. The molecule has 0 unspecified atom stereocenters. The van der Waals surface area contributed by atoms with E-state index < -0.39 is 0 Å². The largest absolute Gasteiger partial charge is 0.493 e. The van der Waals surface area contributed by atoms with Gasteiger partial charge in [0.25, 0.3) is 0 Å². The lowest BCUT2D eigenvalue weighted by Crippen LogP contribution is -2.22. The monoisotopic (exact) mass is 407 g/mol. The third-order valence-electron chi connectivity index (χ3n) is 4.85. The molecule has 1 aliphatic rings. The molecule has 4 rings (SSSR count). The third-order valence-corrected chi connectivity index (χ3v) is 5.95. The van der Waals surface area contributed by atoms with E-state index in [-0.39, 0.29) is 24.2 Å². The van der Waals surface area contributed by atoms with Gasteiger partial charge < -0.3 is 14.8 Å². The van der Waals surface area contributed by atoms with Gasteiger partial charge in [-0.2, -0.15) is 0 Å². The van der Waals surface area contributed by atoms with E-state index in [1.54, 1.807) is 31.4 Å². The maximum absolute atomic E-state index is 14.3. The molecule has 1 amide bonds. The molecule has 29 heavy (non-hydrogen) atoms. The molecule has 0 bridgehead atoms. The number of methoxy groups -OCH3 is 1. The zero-order chi connectivity index (χ0) is 20.4. The number of carbonyl (C=O) groups is 1. The number of fused-ring (bicyclic) bond motifs is 1. The molecule has 3 aromatic rings. The van der Waals surface area contributed by atoms with E-state index in [0.29, 0.717) is 34.7 Å². The molecular formula is C23H18FNO3S. The number of nitrogens with one attached hydrogen (secondary N) is 1. The van der Waals surface area contributed by atoms with Gasteiger partial charge in [-0.1, -0.05) is 30.2 Å².